The molecule has 0 bridgehead atoms. The Hall–Kier alpha value is -2.29. The van der Waals surface area contributed by atoms with Crippen molar-refractivity contribution >= 4 is 17.3 Å². The van der Waals surface area contributed by atoms with Gasteiger partial charge in [0, 0.05) is 24.0 Å². The van der Waals surface area contributed by atoms with Gasteiger partial charge in [0.1, 0.15) is 0 Å². The van der Waals surface area contributed by atoms with Gasteiger partial charge in [0.2, 0.25) is 0 Å². The van der Waals surface area contributed by atoms with Gasteiger partial charge < -0.3 is 10.6 Å². The van der Waals surface area contributed by atoms with E-state index in [0.717, 1.165) is 16.9 Å². The fraction of sp³-hybridized carbons (Fsp3) is 0.235. The van der Waals surface area contributed by atoms with Gasteiger partial charge >= 0.3 is 0 Å². The zero-order chi connectivity index (χ0) is 14.7. The van der Waals surface area contributed by atoms with Gasteiger partial charge in [-0.25, -0.2) is 0 Å². The highest BCUT2D eigenvalue weighted by molar-refractivity contribution is 6.05. The minimum absolute atomic E-state index is 0.0894. The Kier molecular flexibility index (Phi) is 4.08. The van der Waals surface area contributed by atoms with Gasteiger partial charge in [0.15, 0.2) is 0 Å². The van der Waals surface area contributed by atoms with Crippen molar-refractivity contribution in [2.24, 2.45) is 0 Å². The van der Waals surface area contributed by atoms with E-state index in [4.69, 9.17) is 0 Å². The van der Waals surface area contributed by atoms with Crippen LogP contribution in [-0.4, -0.2) is 13.0 Å². The van der Waals surface area contributed by atoms with Crippen molar-refractivity contribution in [1.29, 1.82) is 0 Å². The molecule has 0 fully saturated rings. The van der Waals surface area contributed by atoms with E-state index in [0.29, 0.717) is 5.56 Å². The van der Waals surface area contributed by atoms with Crippen LogP contribution in [0.25, 0.3) is 0 Å². The summed E-state index contributed by atoms with van der Waals surface area (Å²) in [7, 11) is 1.84. The number of hydrogen-bond donors (Lipinski definition) is 2. The van der Waals surface area contributed by atoms with E-state index in [9.17, 15) is 4.79 Å². The van der Waals surface area contributed by atoms with Crippen molar-refractivity contribution < 1.29 is 4.79 Å². The monoisotopic (exact) mass is 268 g/mol. The third-order valence-electron chi connectivity index (χ3n) is 3.72. The molecule has 2 aromatic carbocycles. The number of carbonyl (C=O) groups excluding carboxylic acids is 1. The van der Waals surface area contributed by atoms with Gasteiger partial charge in [0.05, 0.1) is 0 Å². The fourth-order valence-corrected chi connectivity index (χ4v) is 2.10. The first-order valence-electron chi connectivity index (χ1n) is 6.69. The first-order valence-corrected chi connectivity index (χ1v) is 6.69. The molecule has 2 N–H and O–H groups in total. The van der Waals surface area contributed by atoms with Crippen LogP contribution in [0.4, 0.5) is 11.4 Å². The molecule has 0 aliphatic rings. The molecule has 0 heterocycles. The predicted molar refractivity (Wildman–Crippen MR) is 84.6 cm³/mol. The predicted octanol–water partition coefficient (Wildman–Crippen LogP) is 3.91. The molecular formula is C17H20N2O. The van der Waals surface area contributed by atoms with Crippen molar-refractivity contribution in [2.45, 2.75) is 20.8 Å². The lowest BCUT2D eigenvalue weighted by Crippen LogP contribution is -2.13. The van der Waals surface area contributed by atoms with Crippen LogP contribution in [0.5, 0.6) is 0 Å². The molecule has 0 saturated carbocycles. The molecule has 2 aromatic rings. The largest absolute Gasteiger partial charge is 0.388 e. The van der Waals surface area contributed by atoms with Crippen LogP contribution in [0.2, 0.25) is 0 Å². The lowest BCUT2D eigenvalue weighted by Gasteiger charge is -2.13. The first kappa shape index (κ1) is 14.1. The molecule has 0 unspecified atom stereocenters. The van der Waals surface area contributed by atoms with Crippen LogP contribution in [0.1, 0.15) is 27.0 Å². The van der Waals surface area contributed by atoms with E-state index in [1.54, 1.807) is 0 Å². The molecule has 1 amide bonds. The molecule has 0 radical (unpaired) electrons. The van der Waals surface area contributed by atoms with Crippen LogP contribution in [0, 0.1) is 20.8 Å². The minimum Gasteiger partial charge on any atom is -0.388 e. The Morgan fingerprint density at radius 1 is 1.00 bits per heavy atom. The molecule has 0 atom stereocenters. The van der Waals surface area contributed by atoms with Crippen molar-refractivity contribution in [2.75, 3.05) is 17.7 Å². The molecule has 20 heavy (non-hydrogen) atoms. The summed E-state index contributed by atoms with van der Waals surface area (Å²) in [5.74, 6) is -0.0894. The number of rotatable bonds is 3. The van der Waals surface area contributed by atoms with Gasteiger partial charge in [-0.15, -0.1) is 0 Å². The van der Waals surface area contributed by atoms with Crippen molar-refractivity contribution in [3.8, 4) is 0 Å². The summed E-state index contributed by atoms with van der Waals surface area (Å²) in [6.07, 6.45) is 0. The maximum atomic E-state index is 12.3. The van der Waals surface area contributed by atoms with Crippen molar-refractivity contribution in [3.05, 3.63) is 58.7 Å². The SMILES string of the molecule is CNc1cccc(C(=O)Nc2ccc(C)c(C)c2C)c1. The zero-order valence-electron chi connectivity index (χ0n) is 12.4. The second kappa shape index (κ2) is 5.78. The molecule has 0 aromatic heterocycles. The Bertz CT molecular complexity index is 647. The lowest BCUT2D eigenvalue weighted by atomic mass is 10.0. The number of hydrogen-bond acceptors (Lipinski definition) is 2. The van der Waals surface area contributed by atoms with Gasteiger partial charge in [-0.1, -0.05) is 12.1 Å². The molecule has 0 aliphatic heterocycles. The second-order valence-corrected chi connectivity index (χ2v) is 4.96. The normalized spacial score (nSPS) is 10.2. The molecule has 104 valence electrons. The lowest BCUT2D eigenvalue weighted by molar-refractivity contribution is 0.102. The van der Waals surface area contributed by atoms with Gasteiger partial charge in [-0.2, -0.15) is 0 Å². The highest BCUT2D eigenvalue weighted by atomic mass is 16.1. The topological polar surface area (TPSA) is 41.1 Å². The third kappa shape index (κ3) is 2.82. The number of amides is 1. The number of aryl methyl sites for hydroxylation is 1. The highest BCUT2D eigenvalue weighted by Gasteiger charge is 2.10. The maximum Gasteiger partial charge on any atom is 0.255 e. The summed E-state index contributed by atoms with van der Waals surface area (Å²) >= 11 is 0. The summed E-state index contributed by atoms with van der Waals surface area (Å²) in [5.41, 5.74) is 6.00. The van der Waals surface area contributed by atoms with Crippen LogP contribution < -0.4 is 10.6 Å². The van der Waals surface area contributed by atoms with E-state index in [2.05, 4.69) is 24.5 Å². The smallest absolute Gasteiger partial charge is 0.255 e. The van der Waals surface area contributed by atoms with Crippen molar-refractivity contribution in [3.63, 3.8) is 0 Å². The summed E-state index contributed by atoms with van der Waals surface area (Å²) < 4.78 is 0. The molecule has 2 rings (SSSR count). The second-order valence-electron chi connectivity index (χ2n) is 4.96. The first-order chi connectivity index (χ1) is 9.52. The fourth-order valence-electron chi connectivity index (χ4n) is 2.10. The molecule has 3 nitrogen and oxygen atoms in total. The van der Waals surface area contributed by atoms with E-state index in [1.165, 1.54) is 11.1 Å². The van der Waals surface area contributed by atoms with E-state index < -0.39 is 0 Å². The summed E-state index contributed by atoms with van der Waals surface area (Å²) in [6, 6.07) is 11.4. The van der Waals surface area contributed by atoms with Crippen LogP contribution in [0.15, 0.2) is 36.4 Å². The molecule has 3 heteroatoms. The summed E-state index contributed by atoms with van der Waals surface area (Å²) in [6.45, 7) is 6.17. The Balaban J connectivity index is 2.25. The van der Waals surface area contributed by atoms with Crippen LogP contribution in [-0.2, 0) is 0 Å². The maximum absolute atomic E-state index is 12.3. The molecule has 0 aliphatic carbocycles. The number of benzene rings is 2. The minimum atomic E-state index is -0.0894. The van der Waals surface area contributed by atoms with Gasteiger partial charge in [0.25, 0.3) is 5.91 Å². The van der Waals surface area contributed by atoms with Crippen LogP contribution in [0.3, 0.4) is 0 Å². The van der Waals surface area contributed by atoms with E-state index in [-0.39, 0.29) is 5.91 Å². The van der Waals surface area contributed by atoms with Gasteiger partial charge in [-0.05, 0) is 61.7 Å². The molecule has 0 spiro atoms. The zero-order valence-corrected chi connectivity index (χ0v) is 12.4. The summed E-state index contributed by atoms with van der Waals surface area (Å²) in [4.78, 5) is 12.3. The van der Waals surface area contributed by atoms with Crippen LogP contribution >= 0.6 is 0 Å². The number of anilines is 2. The summed E-state index contributed by atoms with van der Waals surface area (Å²) in [5, 5.41) is 6.01. The average molecular weight is 268 g/mol. The van der Waals surface area contributed by atoms with E-state index in [1.807, 2.05) is 50.4 Å². The Morgan fingerprint density at radius 2 is 1.75 bits per heavy atom. The Labute approximate surface area is 120 Å². The third-order valence-corrected chi connectivity index (χ3v) is 3.72. The van der Waals surface area contributed by atoms with E-state index >= 15 is 0 Å². The quantitative estimate of drug-likeness (QED) is 0.886. The number of carbonyl (C=O) groups is 1. The standard InChI is InChI=1S/C17H20N2O/c1-11-8-9-16(13(3)12(11)2)19-17(20)14-6-5-7-15(10-14)18-4/h5-10,18H,1-4H3,(H,19,20). The number of nitrogens with one attached hydrogen (secondary N) is 2. The molecular weight excluding hydrogens is 248 g/mol. The van der Waals surface area contributed by atoms with Crippen molar-refractivity contribution in [1.82, 2.24) is 0 Å². The van der Waals surface area contributed by atoms with Gasteiger partial charge in [-0.3, -0.25) is 4.79 Å². The highest BCUT2D eigenvalue weighted by Crippen LogP contribution is 2.22. The average Bonchev–Trinajstić information content (AvgIpc) is 2.48. The molecule has 0 saturated heterocycles. The Morgan fingerprint density at radius 3 is 2.45 bits per heavy atom.